The van der Waals surface area contributed by atoms with Gasteiger partial charge in [-0.25, -0.2) is 4.79 Å². The Balaban J connectivity index is 2.63. The van der Waals surface area contributed by atoms with Crippen LogP contribution in [0.4, 0.5) is 4.79 Å². The molecule has 0 aliphatic heterocycles. The fourth-order valence-corrected chi connectivity index (χ4v) is 1.75. The maximum atomic E-state index is 10.9. The van der Waals surface area contributed by atoms with Gasteiger partial charge in [-0.2, -0.15) is 0 Å². The van der Waals surface area contributed by atoms with Crippen LogP contribution in [-0.2, 0) is 6.42 Å². The number of carboxylic acid groups (broad SMARTS) is 1. The lowest BCUT2D eigenvalue weighted by atomic mass is 10.1. The minimum atomic E-state index is -0.887. The highest BCUT2D eigenvalue weighted by Crippen LogP contribution is 2.16. The van der Waals surface area contributed by atoms with Crippen molar-refractivity contribution in [1.29, 1.82) is 0 Å². The Hall–Kier alpha value is -1.22. The van der Waals surface area contributed by atoms with E-state index >= 15 is 0 Å². The van der Waals surface area contributed by atoms with Crippen molar-refractivity contribution in [2.45, 2.75) is 26.3 Å². The Morgan fingerprint density at radius 1 is 1.44 bits per heavy atom. The highest BCUT2D eigenvalue weighted by molar-refractivity contribution is 6.31. The van der Waals surface area contributed by atoms with Crippen molar-refractivity contribution in [3.8, 4) is 0 Å². The summed E-state index contributed by atoms with van der Waals surface area (Å²) in [7, 11) is 0. The third kappa shape index (κ3) is 3.42. The molecule has 3 nitrogen and oxygen atoms in total. The van der Waals surface area contributed by atoms with Crippen LogP contribution in [0.25, 0.3) is 0 Å². The van der Waals surface area contributed by atoms with Crippen LogP contribution in [0.15, 0.2) is 24.3 Å². The van der Waals surface area contributed by atoms with Crippen LogP contribution >= 0.6 is 11.6 Å². The first-order valence-electron chi connectivity index (χ1n) is 5.25. The number of hydrogen-bond donors (Lipinski definition) is 1. The molecule has 0 fully saturated rings. The summed E-state index contributed by atoms with van der Waals surface area (Å²) in [6, 6.07) is 7.49. The van der Waals surface area contributed by atoms with Crippen molar-refractivity contribution in [2.75, 3.05) is 6.54 Å². The Morgan fingerprint density at radius 2 is 2.06 bits per heavy atom. The first-order chi connectivity index (χ1) is 7.52. The fourth-order valence-electron chi connectivity index (χ4n) is 1.52. The summed E-state index contributed by atoms with van der Waals surface area (Å²) in [6.07, 6.45) is -0.244. The van der Waals surface area contributed by atoms with Crippen LogP contribution in [0.1, 0.15) is 19.4 Å². The van der Waals surface area contributed by atoms with E-state index in [-0.39, 0.29) is 6.04 Å². The van der Waals surface area contributed by atoms with Crippen LogP contribution in [-0.4, -0.2) is 28.7 Å². The standard InChI is InChI=1S/C12H16ClNO2/c1-9(2)14(12(15)16)8-7-10-5-3-4-6-11(10)13/h3-6,9H,7-8H2,1-2H3,(H,15,16). The van der Waals surface area contributed by atoms with Gasteiger partial charge in [-0.3, -0.25) is 0 Å². The van der Waals surface area contributed by atoms with Gasteiger partial charge >= 0.3 is 6.09 Å². The summed E-state index contributed by atoms with van der Waals surface area (Å²) >= 11 is 6.00. The lowest BCUT2D eigenvalue weighted by Crippen LogP contribution is -2.37. The third-order valence-corrected chi connectivity index (χ3v) is 2.82. The van der Waals surface area contributed by atoms with Gasteiger partial charge in [0.15, 0.2) is 0 Å². The molecule has 88 valence electrons. The van der Waals surface area contributed by atoms with Gasteiger partial charge < -0.3 is 10.0 Å². The Morgan fingerprint density at radius 3 is 2.56 bits per heavy atom. The van der Waals surface area contributed by atoms with Crippen LogP contribution in [0.2, 0.25) is 5.02 Å². The van der Waals surface area contributed by atoms with Crippen molar-refractivity contribution in [3.63, 3.8) is 0 Å². The molecule has 0 aliphatic rings. The van der Waals surface area contributed by atoms with Gasteiger partial charge in [0.05, 0.1) is 0 Å². The number of nitrogens with zero attached hydrogens (tertiary/aromatic N) is 1. The van der Waals surface area contributed by atoms with Gasteiger partial charge in [-0.1, -0.05) is 29.8 Å². The van der Waals surface area contributed by atoms with Crippen LogP contribution < -0.4 is 0 Å². The van der Waals surface area contributed by atoms with E-state index in [1.54, 1.807) is 0 Å². The van der Waals surface area contributed by atoms with Gasteiger partial charge in [-0.05, 0) is 31.9 Å². The molecule has 1 aromatic carbocycles. The molecule has 1 amide bonds. The second kappa shape index (κ2) is 5.75. The summed E-state index contributed by atoms with van der Waals surface area (Å²) < 4.78 is 0. The van der Waals surface area contributed by atoms with Crippen molar-refractivity contribution in [3.05, 3.63) is 34.9 Å². The third-order valence-electron chi connectivity index (χ3n) is 2.45. The number of rotatable bonds is 4. The average molecular weight is 242 g/mol. The van der Waals surface area contributed by atoms with E-state index < -0.39 is 6.09 Å². The van der Waals surface area contributed by atoms with Gasteiger partial charge in [-0.15, -0.1) is 0 Å². The zero-order valence-corrected chi connectivity index (χ0v) is 10.2. The Labute approximate surface area is 101 Å². The van der Waals surface area contributed by atoms with Crippen molar-refractivity contribution >= 4 is 17.7 Å². The molecule has 0 unspecified atom stereocenters. The molecule has 0 spiro atoms. The van der Waals surface area contributed by atoms with Crippen molar-refractivity contribution in [1.82, 2.24) is 4.90 Å². The van der Waals surface area contributed by atoms with Crippen molar-refractivity contribution in [2.24, 2.45) is 0 Å². The van der Waals surface area contributed by atoms with E-state index in [1.807, 2.05) is 38.1 Å². The maximum Gasteiger partial charge on any atom is 0.407 e. The molecule has 0 atom stereocenters. The summed E-state index contributed by atoms with van der Waals surface area (Å²) in [6.45, 7) is 4.19. The largest absolute Gasteiger partial charge is 0.465 e. The minimum Gasteiger partial charge on any atom is -0.465 e. The summed E-state index contributed by atoms with van der Waals surface area (Å²) in [5.41, 5.74) is 0.982. The van der Waals surface area contributed by atoms with Gasteiger partial charge in [0, 0.05) is 17.6 Å². The van der Waals surface area contributed by atoms with E-state index in [0.29, 0.717) is 18.0 Å². The maximum absolute atomic E-state index is 10.9. The van der Waals surface area contributed by atoms with E-state index in [1.165, 1.54) is 4.90 Å². The normalized spacial score (nSPS) is 10.5. The molecule has 0 radical (unpaired) electrons. The molecule has 1 N–H and O–H groups in total. The van der Waals surface area contributed by atoms with E-state index in [2.05, 4.69) is 0 Å². The number of amides is 1. The number of hydrogen-bond acceptors (Lipinski definition) is 1. The predicted octanol–water partition coefficient (Wildman–Crippen LogP) is 3.27. The van der Waals surface area contributed by atoms with Gasteiger partial charge in [0.1, 0.15) is 0 Å². The highest BCUT2D eigenvalue weighted by atomic mass is 35.5. The second-order valence-electron chi connectivity index (χ2n) is 3.91. The molecule has 16 heavy (non-hydrogen) atoms. The molecule has 0 saturated carbocycles. The molecule has 0 bridgehead atoms. The molecule has 0 heterocycles. The first-order valence-corrected chi connectivity index (χ1v) is 5.63. The Kier molecular flexibility index (Phi) is 4.62. The molecular formula is C12H16ClNO2. The van der Waals surface area contributed by atoms with Crippen LogP contribution in [0, 0.1) is 0 Å². The SMILES string of the molecule is CC(C)N(CCc1ccccc1Cl)C(=O)O. The highest BCUT2D eigenvalue weighted by Gasteiger charge is 2.15. The summed E-state index contributed by atoms with van der Waals surface area (Å²) in [5, 5.41) is 9.68. The molecule has 1 aromatic rings. The monoisotopic (exact) mass is 241 g/mol. The molecule has 1 rings (SSSR count). The zero-order valence-electron chi connectivity index (χ0n) is 9.48. The molecular weight excluding hydrogens is 226 g/mol. The quantitative estimate of drug-likeness (QED) is 0.879. The zero-order chi connectivity index (χ0) is 12.1. The second-order valence-corrected chi connectivity index (χ2v) is 4.32. The first kappa shape index (κ1) is 12.8. The van der Waals surface area contributed by atoms with Crippen molar-refractivity contribution < 1.29 is 9.90 Å². The fraction of sp³-hybridized carbons (Fsp3) is 0.417. The smallest absolute Gasteiger partial charge is 0.407 e. The number of carbonyl (C=O) groups is 1. The van der Waals surface area contributed by atoms with Gasteiger partial charge in [0.25, 0.3) is 0 Å². The molecule has 0 aromatic heterocycles. The minimum absolute atomic E-state index is 0.0139. The van der Waals surface area contributed by atoms with E-state index in [0.717, 1.165) is 5.56 Å². The average Bonchev–Trinajstić information content (AvgIpc) is 2.20. The summed E-state index contributed by atoms with van der Waals surface area (Å²) in [4.78, 5) is 12.3. The number of halogens is 1. The topological polar surface area (TPSA) is 40.5 Å². The molecule has 0 aliphatic carbocycles. The van der Waals surface area contributed by atoms with Crippen LogP contribution in [0.5, 0.6) is 0 Å². The van der Waals surface area contributed by atoms with Crippen LogP contribution in [0.3, 0.4) is 0 Å². The van der Waals surface area contributed by atoms with E-state index in [4.69, 9.17) is 16.7 Å². The lowest BCUT2D eigenvalue weighted by Gasteiger charge is -2.23. The Bertz CT molecular complexity index is 366. The molecule has 0 saturated heterocycles. The summed E-state index contributed by atoms with van der Waals surface area (Å²) in [5.74, 6) is 0. The van der Waals surface area contributed by atoms with Gasteiger partial charge in [0.2, 0.25) is 0 Å². The predicted molar refractivity (Wildman–Crippen MR) is 65.0 cm³/mol. The molecule has 4 heteroatoms. The number of benzene rings is 1. The lowest BCUT2D eigenvalue weighted by molar-refractivity contribution is 0.132. The van der Waals surface area contributed by atoms with E-state index in [9.17, 15) is 4.79 Å².